The fraction of sp³-hybridized carbons (Fsp3) is 0.538. The van der Waals surface area contributed by atoms with Gasteiger partial charge in [0, 0.05) is 19.7 Å². The Morgan fingerprint density at radius 3 is 2.41 bits per heavy atom. The van der Waals surface area contributed by atoms with Crippen LogP contribution in [0, 0.1) is 5.82 Å². The maximum atomic E-state index is 14.0. The molecular weight excluding hydrogens is 557 g/mol. The van der Waals surface area contributed by atoms with Crippen LogP contribution in [0.3, 0.4) is 0 Å². The van der Waals surface area contributed by atoms with Crippen LogP contribution < -0.4 is 19.1 Å². The highest BCUT2D eigenvalue weighted by Crippen LogP contribution is 2.39. The fourth-order valence-corrected chi connectivity index (χ4v) is 6.58. The summed E-state index contributed by atoms with van der Waals surface area (Å²) in [7, 11) is -1.05. The molecule has 3 atom stereocenters. The number of hydrogen-bond donors (Lipinski definition) is 1. The number of benzene rings is 1. The fourth-order valence-electron chi connectivity index (χ4n) is 5.18. The first-order chi connectivity index (χ1) is 19.7. The predicted octanol–water partition coefficient (Wildman–Crippen LogP) is 2.88. The van der Waals surface area contributed by atoms with Gasteiger partial charge in [0.25, 0.3) is 0 Å². The highest BCUT2D eigenvalue weighted by Gasteiger charge is 2.39. The van der Waals surface area contributed by atoms with Crippen molar-refractivity contribution in [2.24, 2.45) is 0 Å². The molecule has 41 heavy (non-hydrogen) atoms. The maximum Gasteiger partial charge on any atom is 0.243 e. The highest BCUT2D eigenvalue weighted by molar-refractivity contribution is 7.93. The Balaban J connectivity index is 1.52. The average Bonchev–Trinajstić information content (AvgIpc) is 3.62. The summed E-state index contributed by atoms with van der Waals surface area (Å²) in [6, 6.07) is 5.25. The van der Waals surface area contributed by atoms with Crippen molar-refractivity contribution in [2.75, 3.05) is 43.5 Å². The molecule has 13 nitrogen and oxygen atoms in total. The number of hydrogen-bond acceptors (Lipinski definition) is 11. The number of nitrogens with zero attached hydrogens (tertiary/aromatic N) is 6. The first-order valence-electron chi connectivity index (χ1n) is 13.4. The van der Waals surface area contributed by atoms with E-state index in [9.17, 15) is 12.8 Å². The number of halogens is 1. The Hall–Kier alpha value is -3.56. The molecule has 0 saturated carbocycles. The molecule has 1 N–H and O–H groups in total. The van der Waals surface area contributed by atoms with Crippen LogP contribution in [0.1, 0.15) is 45.0 Å². The van der Waals surface area contributed by atoms with E-state index in [1.54, 1.807) is 27.7 Å². The lowest BCUT2D eigenvalue weighted by Crippen LogP contribution is -2.51. The van der Waals surface area contributed by atoms with Crippen LogP contribution in [-0.2, 0) is 19.5 Å². The van der Waals surface area contributed by atoms with Gasteiger partial charge < -0.3 is 23.8 Å². The molecule has 2 fully saturated rings. The molecule has 0 bridgehead atoms. The number of aromatic nitrogens is 5. The highest BCUT2D eigenvalue weighted by atomic mass is 32.2. The van der Waals surface area contributed by atoms with Crippen LogP contribution >= 0.6 is 0 Å². The van der Waals surface area contributed by atoms with E-state index >= 15 is 0 Å². The van der Waals surface area contributed by atoms with E-state index in [0.717, 1.165) is 18.8 Å². The summed E-state index contributed by atoms with van der Waals surface area (Å²) in [4.78, 5) is 9.80. The normalized spacial score (nSPS) is 21.3. The predicted molar refractivity (Wildman–Crippen MR) is 148 cm³/mol. The minimum Gasteiger partial charge on any atom is -0.494 e. The average molecular weight is 592 g/mol. The monoisotopic (exact) mass is 591 g/mol. The van der Waals surface area contributed by atoms with Crippen molar-refractivity contribution < 1.29 is 31.8 Å². The molecule has 0 radical (unpaired) electrons. The van der Waals surface area contributed by atoms with Gasteiger partial charge in [0.05, 0.1) is 38.8 Å². The molecule has 0 spiro atoms. The SMILES string of the molecule is COc1cccc(OC)c1-n1c(NS(=O)(=O)[C@H]2C[C@@H](OC(C)C)CN(c3ncc(F)cn3)C2)nnc1[C@@H]1CCCO1. The number of sulfonamides is 1. The van der Waals surface area contributed by atoms with E-state index in [1.165, 1.54) is 14.2 Å². The minimum absolute atomic E-state index is 0.0326. The summed E-state index contributed by atoms with van der Waals surface area (Å²) < 4.78 is 68.8. The van der Waals surface area contributed by atoms with Crippen molar-refractivity contribution >= 4 is 21.9 Å². The molecule has 4 heterocycles. The van der Waals surface area contributed by atoms with E-state index in [0.29, 0.717) is 42.6 Å². The molecular formula is C26H34FN7O6S. The van der Waals surface area contributed by atoms with Gasteiger partial charge >= 0.3 is 0 Å². The quantitative estimate of drug-likeness (QED) is 0.372. The lowest BCUT2D eigenvalue weighted by atomic mass is 10.1. The van der Waals surface area contributed by atoms with Crippen molar-refractivity contribution in [1.82, 2.24) is 24.7 Å². The van der Waals surface area contributed by atoms with Gasteiger partial charge in [-0.1, -0.05) is 6.07 Å². The molecule has 2 aliphatic rings. The second-order valence-corrected chi connectivity index (χ2v) is 12.1. The van der Waals surface area contributed by atoms with Gasteiger partial charge in [-0.2, -0.15) is 0 Å². The Labute approximate surface area is 238 Å². The van der Waals surface area contributed by atoms with Gasteiger partial charge in [0.15, 0.2) is 11.6 Å². The summed E-state index contributed by atoms with van der Waals surface area (Å²) in [5, 5.41) is 7.64. The third-order valence-electron chi connectivity index (χ3n) is 6.93. The van der Waals surface area contributed by atoms with Crippen LogP contribution in [0.15, 0.2) is 30.6 Å². The summed E-state index contributed by atoms with van der Waals surface area (Å²) >= 11 is 0. The summed E-state index contributed by atoms with van der Waals surface area (Å²) in [5.74, 6) is 0.896. The van der Waals surface area contributed by atoms with Crippen LogP contribution in [-0.4, -0.2) is 84.5 Å². The minimum atomic E-state index is -4.08. The molecule has 1 aromatic carbocycles. The van der Waals surface area contributed by atoms with E-state index < -0.39 is 27.2 Å². The Bertz CT molecular complexity index is 1420. The molecule has 2 saturated heterocycles. The number of nitrogens with one attached hydrogen (secondary N) is 1. The first-order valence-corrected chi connectivity index (χ1v) is 14.9. The molecule has 2 aliphatic heterocycles. The van der Waals surface area contributed by atoms with E-state index in [2.05, 4.69) is 24.9 Å². The number of rotatable bonds is 10. The van der Waals surface area contributed by atoms with Crippen LogP contribution in [0.5, 0.6) is 11.5 Å². The van der Waals surface area contributed by atoms with Crippen molar-refractivity contribution in [1.29, 1.82) is 0 Å². The Morgan fingerprint density at radius 1 is 1.10 bits per heavy atom. The van der Waals surface area contributed by atoms with Gasteiger partial charge in [0.1, 0.15) is 28.5 Å². The zero-order valence-corrected chi connectivity index (χ0v) is 24.2. The third kappa shape index (κ3) is 6.21. The number of para-hydroxylation sites is 1. The number of anilines is 2. The zero-order chi connectivity index (χ0) is 29.1. The van der Waals surface area contributed by atoms with Crippen LogP contribution in [0.25, 0.3) is 5.69 Å². The van der Waals surface area contributed by atoms with Crippen LogP contribution in [0.4, 0.5) is 16.3 Å². The lowest BCUT2D eigenvalue weighted by Gasteiger charge is -2.37. The second kappa shape index (κ2) is 12.1. The molecule has 222 valence electrons. The third-order valence-corrected chi connectivity index (χ3v) is 8.62. The number of piperidine rings is 1. The number of methoxy groups -OCH3 is 2. The molecule has 2 aromatic heterocycles. The van der Waals surface area contributed by atoms with Crippen molar-refractivity contribution in [3.63, 3.8) is 0 Å². The van der Waals surface area contributed by atoms with E-state index in [1.807, 2.05) is 13.8 Å². The lowest BCUT2D eigenvalue weighted by molar-refractivity contribution is 0.00147. The smallest absolute Gasteiger partial charge is 0.243 e. The van der Waals surface area contributed by atoms with Gasteiger partial charge in [-0.3, -0.25) is 9.29 Å². The van der Waals surface area contributed by atoms with E-state index in [4.69, 9.17) is 18.9 Å². The Kier molecular flexibility index (Phi) is 8.56. The molecule has 0 amide bonds. The standard InChI is InChI=1S/C26H34FN7O6S/c1-16(2)40-18-11-19(15-33(14-18)25-28-12-17(27)13-29-25)41(35,36)32-26-31-30-24(22-9-6-10-39-22)34(26)23-20(37-3)7-5-8-21(23)38-4/h5,7-8,12-13,16,18-19,22H,6,9-11,14-15H2,1-4H3,(H,31,32)/t18-,19+,22+/m1/s1. The summed E-state index contributed by atoms with van der Waals surface area (Å²) in [6.07, 6.45) is 2.89. The molecule has 5 rings (SSSR count). The van der Waals surface area contributed by atoms with Gasteiger partial charge in [-0.25, -0.2) is 22.8 Å². The Morgan fingerprint density at radius 2 is 1.80 bits per heavy atom. The van der Waals surface area contributed by atoms with Crippen molar-refractivity contribution in [3.05, 3.63) is 42.2 Å². The summed E-state index contributed by atoms with van der Waals surface area (Å²) in [6.45, 7) is 4.73. The summed E-state index contributed by atoms with van der Waals surface area (Å²) in [5.41, 5.74) is 0.441. The molecule has 0 aliphatic carbocycles. The van der Waals surface area contributed by atoms with Gasteiger partial charge in [-0.15, -0.1) is 10.2 Å². The second-order valence-electron chi connectivity index (χ2n) is 10.1. The van der Waals surface area contributed by atoms with Gasteiger partial charge in [-0.05, 0) is 45.2 Å². The number of ether oxygens (including phenoxy) is 4. The van der Waals surface area contributed by atoms with Gasteiger partial charge in [0.2, 0.25) is 21.9 Å². The van der Waals surface area contributed by atoms with Crippen molar-refractivity contribution in [2.45, 2.75) is 56.7 Å². The zero-order valence-electron chi connectivity index (χ0n) is 23.4. The molecule has 0 unspecified atom stereocenters. The maximum absolute atomic E-state index is 14.0. The molecule has 3 aromatic rings. The molecule has 15 heteroatoms. The first kappa shape index (κ1) is 29.0. The largest absolute Gasteiger partial charge is 0.494 e. The van der Waals surface area contributed by atoms with Crippen molar-refractivity contribution in [3.8, 4) is 17.2 Å². The van der Waals surface area contributed by atoms with Crippen LogP contribution in [0.2, 0.25) is 0 Å². The topological polar surface area (TPSA) is 143 Å². The van der Waals surface area contributed by atoms with E-state index in [-0.39, 0.29) is 37.1 Å².